The topological polar surface area (TPSA) is 75.2 Å². The lowest BCUT2D eigenvalue weighted by Gasteiger charge is -2.40. The smallest absolute Gasteiger partial charge is 0.246 e. The Morgan fingerprint density at radius 1 is 1.38 bits per heavy atom. The standard InChI is InChI=1S/C15H22N4O2/c1-4-6-12-15(21)19(9-11-7-5-8-16-18-11)13(10(2)3)14(20)17-12/h5,7-8,10,12-13H,4,6,9H2,1-3H3,(H,17,20). The molecule has 6 nitrogen and oxygen atoms in total. The van der Waals surface area contributed by atoms with Crippen molar-refractivity contribution in [2.24, 2.45) is 5.92 Å². The third kappa shape index (κ3) is 3.37. The summed E-state index contributed by atoms with van der Waals surface area (Å²) in [6, 6.07) is 2.73. The number of aromatic nitrogens is 2. The average Bonchev–Trinajstić information content (AvgIpc) is 2.45. The minimum absolute atomic E-state index is 0.0270. The second kappa shape index (κ2) is 6.65. The van der Waals surface area contributed by atoms with E-state index in [-0.39, 0.29) is 17.7 Å². The Hall–Kier alpha value is -1.98. The Kier molecular flexibility index (Phi) is 4.88. The highest BCUT2D eigenvalue weighted by atomic mass is 16.2. The molecule has 2 atom stereocenters. The van der Waals surface area contributed by atoms with E-state index >= 15 is 0 Å². The summed E-state index contributed by atoms with van der Waals surface area (Å²) in [6.45, 7) is 6.22. The Balaban J connectivity index is 2.25. The molecule has 1 fully saturated rings. The number of amides is 2. The molecule has 21 heavy (non-hydrogen) atoms. The van der Waals surface area contributed by atoms with Crippen molar-refractivity contribution < 1.29 is 9.59 Å². The van der Waals surface area contributed by atoms with Gasteiger partial charge in [-0.1, -0.05) is 27.2 Å². The van der Waals surface area contributed by atoms with E-state index in [1.165, 1.54) is 0 Å². The first-order chi connectivity index (χ1) is 10.0. The summed E-state index contributed by atoms with van der Waals surface area (Å²) >= 11 is 0. The van der Waals surface area contributed by atoms with Gasteiger partial charge in [0.05, 0.1) is 12.2 Å². The summed E-state index contributed by atoms with van der Waals surface area (Å²) in [5.74, 6) is -0.0547. The molecule has 1 aromatic heterocycles. The maximum Gasteiger partial charge on any atom is 0.246 e. The van der Waals surface area contributed by atoms with Gasteiger partial charge < -0.3 is 10.2 Å². The van der Waals surface area contributed by atoms with Crippen molar-refractivity contribution in [3.05, 3.63) is 24.0 Å². The highest BCUT2D eigenvalue weighted by Crippen LogP contribution is 2.21. The minimum Gasteiger partial charge on any atom is -0.342 e. The normalized spacial score (nSPS) is 22.6. The van der Waals surface area contributed by atoms with Crippen molar-refractivity contribution in [1.82, 2.24) is 20.4 Å². The Labute approximate surface area is 124 Å². The van der Waals surface area contributed by atoms with Crippen molar-refractivity contribution in [3.8, 4) is 0 Å². The summed E-state index contributed by atoms with van der Waals surface area (Å²) in [5, 5.41) is 10.7. The molecule has 0 aliphatic carbocycles. The summed E-state index contributed by atoms with van der Waals surface area (Å²) in [4.78, 5) is 26.6. The fourth-order valence-electron chi connectivity index (χ4n) is 2.71. The van der Waals surface area contributed by atoms with Gasteiger partial charge in [0.25, 0.3) is 0 Å². The molecule has 2 heterocycles. The first kappa shape index (κ1) is 15.4. The van der Waals surface area contributed by atoms with Crippen LogP contribution < -0.4 is 5.32 Å². The molecule has 2 unspecified atom stereocenters. The van der Waals surface area contributed by atoms with Gasteiger partial charge in [0.15, 0.2) is 0 Å². The van der Waals surface area contributed by atoms with Crippen LogP contribution in [-0.4, -0.2) is 39.0 Å². The number of nitrogens with one attached hydrogen (secondary N) is 1. The Bertz CT molecular complexity index is 504. The quantitative estimate of drug-likeness (QED) is 0.882. The van der Waals surface area contributed by atoms with Gasteiger partial charge in [0.1, 0.15) is 12.1 Å². The third-order valence-corrected chi connectivity index (χ3v) is 3.67. The molecule has 114 valence electrons. The minimum atomic E-state index is -0.451. The van der Waals surface area contributed by atoms with Gasteiger partial charge in [0, 0.05) is 6.20 Å². The summed E-state index contributed by atoms with van der Waals surface area (Å²) in [6.07, 6.45) is 3.10. The van der Waals surface area contributed by atoms with Crippen LogP contribution in [0.15, 0.2) is 18.3 Å². The van der Waals surface area contributed by atoms with E-state index in [0.717, 1.165) is 6.42 Å². The number of rotatable bonds is 5. The second-order valence-electron chi connectivity index (χ2n) is 5.72. The number of hydrogen-bond acceptors (Lipinski definition) is 4. The molecule has 2 amide bonds. The van der Waals surface area contributed by atoms with Crippen LogP contribution in [0.3, 0.4) is 0 Å². The molecule has 0 spiro atoms. The number of piperazine rings is 1. The summed E-state index contributed by atoms with van der Waals surface area (Å²) < 4.78 is 0. The molecule has 6 heteroatoms. The molecule has 1 saturated heterocycles. The van der Waals surface area contributed by atoms with Crippen LogP contribution in [0.1, 0.15) is 39.3 Å². The lowest BCUT2D eigenvalue weighted by Crippen LogP contribution is -2.64. The molecule has 2 rings (SSSR count). The molecular formula is C15H22N4O2. The Morgan fingerprint density at radius 2 is 2.14 bits per heavy atom. The predicted molar refractivity (Wildman–Crippen MR) is 78.0 cm³/mol. The van der Waals surface area contributed by atoms with E-state index in [4.69, 9.17) is 0 Å². The van der Waals surface area contributed by atoms with Gasteiger partial charge in [0.2, 0.25) is 11.8 Å². The highest BCUT2D eigenvalue weighted by Gasteiger charge is 2.41. The van der Waals surface area contributed by atoms with E-state index in [2.05, 4.69) is 15.5 Å². The molecule has 0 aromatic carbocycles. The van der Waals surface area contributed by atoms with Crippen LogP contribution in [0.4, 0.5) is 0 Å². The molecule has 1 aromatic rings. The van der Waals surface area contributed by atoms with Crippen molar-refractivity contribution in [2.45, 2.75) is 52.2 Å². The van der Waals surface area contributed by atoms with E-state index in [0.29, 0.717) is 18.7 Å². The highest BCUT2D eigenvalue weighted by molar-refractivity contribution is 5.97. The lowest BCUT2D eigenvalue weighted by atomic mass is 9.95. The Morgan fingerprint density at radius 3 is 2.71 bits per heavy atom. The maximum atomic E-state index is 12.6. The van der Waals surface area contributed by atoms with Gasteiger partial charge in [-0.05, 0) is 24.5 Å². The van der Waals surface area contributed by atoms with E-state index in [1.54, 1.807) is 17.2 Å². The molecule has 0 radical (unpaired) electrons. The van der Waals surface area contributed by atoms with Gasteiger partial charge in [-0.15, -0.1) is 0 Å². The SMILES string of the molecule is CCCC1NC(=O)C(C(C)C)N(Cc2cccnn2)C1=O. The lowest BCUT2D eigenvalue weighted by molar-refractivity contribution is -0.152. The zero-order valence-corrected chi connectivity index (χ0v) is 12.7. The van der Waals surface area contributed by atoms with E-state index in [9.17, 15) is 9.59 Å². The van der Waals surface area contributed by atoms with Gasteiger partial charge in [-0.25, -0.2) is 0 Å². The van der Waals surface area contributed by atoms with Crippen molar-refractivity contribution in [1.29, 1.82) is 0 Å². The van der Waals surface area contributed by atoms with Crippen LogP contribution >= 0.6 is 0 Å². The van der Waals surface area contributed by atoms with Gasteiger partial charge >= 0.3 is 0 Å². The van der Waals surface area contributed by atoms with Crippen LogP contribution in [0.2, 0.25) is 0 Å². The maximum absolute atomic E-state index is 12.6. The fraction of sp³-hybridized carbons (Fsp3) is 0.600. The van der Waals surface area contributed by atoms with Crippen molar-refractivity contribution in [2.75, 3.05) is 0 Å². The molecule has 1 N–H and O–H groups in total. The molecule has 0 saturated carbocycles. The number of carbonyl (C=O) groups is 2. The van der Waals surface area contributed by atoms with Crippen LogP contribution in [-0.2, 0) is 16.1 Å². The molecule has 0 bridgehead atoms. The van der Waals surface area contributed by atoms with Crippen molar-refractivity contribution >= 4 is 11.8 Å². The van der Waals surface area contributed by atoms with Crippen LogP contribution in [0.5, 0.6) is 0 Å². The van der Waals surface area contributed by atoms with Crippen LogP contribution in [0, 0.1) is 5.92 Å². The number of hydrogen-bond donors (Lipinski definition) is 1. The first-order valence-electron chi connectivity index (χ1n) is 7.42. The molecule has 1 aliphatic rings. The predicted octanol–water partition coefficient (Wildman–Crippen LogP) is 1.13. The average molecular weight is 290 g/mol. The summed E-state index contributed by atoms with van der Waals surface area (Å²) in [7, 11) is 0. The first-order valence-corrected chi connectivity index (χ1v) is 7.42. The van der Waals surface area contributed by atoms with Gasteiger partial charge in [-0.3, -0.25) is 9.59 Å². The summed E-state index contributed by atoms with van der Waals surface area (Å²) in [5.41, 5.74) is 0.696. The zero-order chi connectivity index (χ0) is 15.4. The van der Waals surface area contributed by atoms with Crippen molar-refractivity contribution in [3.63, 3.8) is 0 Å². The van der Waals surface area contributed by atoms with Crippen LogP contribution in [0.25, 0.3) is 0 Å². The number of nitrogens with zero attached hydrogens (tertiary/aromatic N) is 3. The third-order valence-electron chi connectivity index (χ3n) is 3.67. The number of carbonyl (C=O) groups excluding carboxylic acids is 2. The largest absolute Gasteiger partial charge is 0.342 e. The molecule has 1 aliphatic heterocycles. The van der Waals surface area contributed by atoms with E-state index < -0.39 is 12.1 Å². The molecular weight excluding hydrogens is 268 g/mol. The fourth-order valence-corrected chi connectivity index (χ4v) is 2.71. The monoisotopic (exact) mass is 290 g/mol. The zero-order valence-electron chi connectivity index (χ0n) is 12.7. The van der Waals surface area contributed by atoms with E-state index in [1.807, 2.05) is 26.8 Å². The van der Waals surface area contributed by atoms with Gasteiger partial charge in [-0.2, -0.15) is 10.2 Å². The second-order valence-corrected chi connectivity index (χ2v) is 5.72.